The summed E-state index contributed by atoms with van der Waals surface area (Å²) in [4.78, 5) is 61.3. The summed E-state index contributed by atoms with van der Waals surface area (Å²) in [5, 5.41) is 2.56. The van der Waals surface area contributed by atoms with Crippen LogP contribution in [0.25, 0.3) is 0 Å². The van der Waals surface area contributed by atoms with Crippen molar-refractivity contribution < 1.29 is 47.1 Å². The molecule has 0 aromatic rings. The molecule has 33 heavy (non-hydrogen) atoms. The summed E-state index contributed by atoms with van der Waals surface area (Å²) in [5.41, 5.74) is -0.781. The van der Waals surface area contributed by atoms with E-state index in [0.29, 0.717) is 26.2 Å². The summed E-state index contributed by atoms with van der Waals surface area (Å²) >= 11 is 0. The molecule has 0 aliphatic carbocycles. The van der Waals surface area contributed by atoms with E-state index in [2.05, 4.69) is 10.1 Å². The summed E-state index contributed by atoms with van der Waals surface area (Å²) in [7, 11) is -3.00. The van der Waals surface area contributed by atoms with Crippen molar-refractivity contribution in [2.75, 3.05) is 59.8 Å². The Kier molecular flexibility index (Phi) is 9.95. The van der Waals surface area contributed by atoms with Gasteiger partial charge in [-0.1, -0.05) is 0 Å². The Morgan fingerprint density at radius 1 is 1.15 bits per heavy atom. The fourth-order valence-electron chi connectivity index (χ4n) is 3.28. The molecule has 2 rings (SSSR count). The standard InChI is InChI=1S/C19H34N3O10P/c1-14(23)22-9-7-21(8-10-22)11-16(25)29-13-31-33(27)30-12-19(2,3)17(32-33)18(26)20-6-5-15(24)28-4/h17,27,33H,5-13H2,1-4H3,(H,20,26)/t17-/m0/s1. The summed E-state index contributed by atoms with van der Waals surface area (Å²) in [6.07, 6.45) is -1.11. The number of carbonyl (C=O) groups excluding carboxylic acids is 4. The first-order valence-electron chi connectivity index (χ1n) is 10.6. The van der Waals surface area contributed by atoms with Gasteiger partial charge in [0.05, 0.1) is 0 Å². The van der Waals surface area contributed by atoms with Crippen molar-refractivity contribution in [3.8, 4) is 0 Å². The van der Waals surface area contributed by atoms with Crippen molar-refractivity contribution in [1.82, 2.24) is 15.1 Å². The van der Waals surface area contributed by atoms with Gasteiger partial charge < -0.3 is 0 Å². The molecule has 0 aromatic heterocycles. The molecule has 2 N–H and O–H groups in total. The average molecular weight is 495 g/mol. The molecular formula is C19H34N3O10P. The third kappa shape index (κ3) is 8.43. The van der Waals surface area contributed by atoms with Crippen molar-refractivity contribution in [2.45, 2.75) is 33.3 Å². The van der Waals surface area contributed by atoms with E-state index in [1.54, 1.807) is 18.7 Å². The van der Waals surface area contributed by atoms with Crippen LogP contribution in [0, 0.1) is 5.41 Å². The van der Waals surface area contributed by atoms with Crippen LogP contribution in [0.4, 0.5) is 0 Å². The van der Waals surface area contributed by atoms with Gasteiger partial charge in [0.1, 0.15) is 0 Å². The van der Waals surface area contributed by atoms with Crippen molar-refractivity contribution >= 4 is 31.9 Å². The quantitative estimate of drug-likeness (QED) is 0.235. The monoisotopic (exact) mass is 495 g/mol. The van der Waals surface area contributed by atoms with Crippen LogP contribution in [0.5, 0.6) is 0 Å². The zero-order valence-electron chi connectivity index (χ0n) is 19.5. The number of hydrogen-bond acceptors (Lipinski definition) is 11. The summed E-state index contributed by atoms with van der Waals surface area (Å²) in [6, 6.07) is 0. The van der Waals surface area contributed by atoms with Crippen molar-refractivity contribution in [3.63, 3.8) is 0 Å². The third-order valence-electron chi connectivity index (χ3n) is 5.33. The molecule has 14 heteroatoms. The van der Waals surface area contributed by atoms with Crippen molar-refractivity contribution in [3.05, 3.63) is 0 Å². The Balaban J connectivity index is 1.77. The van der Waals surface area contributed by atoms with Gasteiger partial charge in [0.25, 0.3) is 0 Å². The van der Waals surface area contributed by atoms with Gasteiger partial charge in [-0.2, -0.15) is 0 Å². The predicted molar refractivity (Wildman–Crippen MR) is 116 cm³/mol. The zero-order chi connectivity index (χ0) is 24.6. The molecule has 0 saturated carbocycles. The van der Waals surface area contributed by atoms with Crippen LogP contribution in [0.2, 0.25) is 0 Å². The van der Waals surface area contributed by atoms with E-state index >= 15 is 0 Å². The van der Waals surface area contributed by atoms with E-state index in [1.165, 1.54) is 14.0 Å². The number of ether oxygens (including phenoxy) is 2. The van der Waals surface area contributed by atoms with Crippen LogP contribution in [0.1, 0.15) is 27.2 Å². The van der Waals surface area contributed by atoms with E-state index in [-0.39, 0.29) is 32.0 Å². The fraction of sp³-hybridized carbons (Fsp3) is 0.789. The molecule has 2 heterocycles. The van der Waals surface area contributed by atoms with E-state index < -0.39 is 44.3 Å². The van der Waals surface area contributed by atoms with Crippen LogP contribution in [-0.4, -0.2) is 104 Å². The maximum atomic E-state index is 12.5. The number of carbonyl (C=O) groups is 4. The minimum atomic E-state index is -4.25. The number of piperazine rings is 1. The third-order valence-corrected chi connectivity index (χ3v) is 6.85. The number of hydrogen-bond donors (Lipinski definition) is 2. The van der Waals surface area contributed by atoms with Gasteiger partial charge in [0, 0.05) is 0 Å². The molecule has 13 nitrogen and oxygen atoms in total. The van der Waals surface area contributed by atoms with Crippen LogP contribution in [0.3, 0.4) is 0 Å². The second kappa shape index (κ2) is 12.0. The Hall–Kier alpha value is -1.89. The number of methoxy groups -OCH3 is 1. The van der Waals surface area contributed by atoms with E-state index in [1.807, 2.05) is 4.90 Å². The van der Waals surface area contributed by atoms with E-state index in [9.17, 15) is 24.1 Å². The molecule has 2 saturated heterocycles. The molecule has 2 aliphatic heterocycles. The normalized spacial score (nSPS) is 23.3. The summed E-state index contributed by atoms with van der Waals surface area (Å²) in [6.45, 7) is 6.52. The molecule has 0 aromatic carbocycles. The molecule has 2 fully saturated rings. The second-order valence-electron chi connectivity index (χ2n) is 8.48. The van der Waals surface area contributed by atoms with Gasteiger partial charge >= 0.3 is 193 Å². The Morgan fingerprint density at radius 2 is 1.82 bits per heavy atom. The van der Waals surface area contributed by atoms with Gasteiger partial charge in [-0.05, 0) is 0 Å². The molecule has 1 atom stereocenters. The molecule has 2 amide bonds. The van der Waals surface area contributed by atoms with Gasteiger partial charge in [-0.15, -0.1) is 0 Å². The van der Waals surface area contributed by atoms with Gasteiger partial charge in [0.2, 0.25) is 0 Å². The Morgan fingerprint density at radius 3 is 2.42 bits per heavy atom. The number of rotatable bonds is 9. The molecule has 2 aliphatic rings. The zero-order valence-corrected chi connectivity index (χ0v) is 20.5. The second-order valence-corrected chi connectivity index (χ2v) is 10.3. The van der Waals surface area contributed by atoms with Crippen molar-refractivity contribution in [2.24, 2.45) is 5.41 Å². The summed E-state index contributed by atoms with van der Waals surface area (Å²) < 4.78 is 25.6. The molecule has 190 valence electrons. The van der Waals surface area contributed by atoms with Gasteiger partial charge in [0.15, 0.2) is 0 Å². The Bertz CT molecular complexity index is 729. The van der Waals surface area contributed by atoms with Crippen LogP contribution >= 0.6 is 8.17 Å². The Labute approximate surface area is 193 Å². The summed E-state index contributed by atoms with van der Waals surface area (Å²) in [5.74, 6) is -1.59. The molecule has 0 radical (unpaired) electrons. The van der Waals surface area contributed by atoms with Crippen LogP contribution in [0.15, 0.2) is 0 Å². The first-order valence-corrected chi connectivity index (χ1v) is 12.3. The van der Waals surface area contributed by atoms with Crippen molar-refractivity contribution in [1.29, 1.82) is 0 Å². The number of nitrogens with one attached hydrogen (secondary N) is 1. The molecular weight excluding hydrogens is 461 g/mol. The van der Waals surface area contributed by atoms with Gasteiger partial charge in [-0.3, -0.25) is 0 Å². The number of esters is 2. The molecule has 0 bridgehead atoms. The van der Waals surface area contributed by atoms with E-state index in [4.69, 9.17) is 18.3 Å². The SMILES string of the molecule is COC(=O)CCNC(=O)[C@@H]1O[PH](O)(OCOC(=O)CN2CCN(C(C)=O)CC2)OCC1(C)C. The van der Waals surface area contributed by atoms with Crippen LogP contribution in [-0.2, 0) is 42.2 Å². The van der Waals surface area contributed by atoms with Gasteiger partial charge in [-0.25, -0.2) is 0 Å². The topological polar surface area (TPSA) is 153 Å². The maximum absolute atomic E-state index is 12.5. The average Bonchev–Trinajstić information content (AvgIpc) is 2.75. The number of nitrogens with zero attached hydrogens (tertiary/aromatic N) is 2. The first-order chi connectivity index (χ1) is 15.5. The first kappa shape index (κ1) is 27.4. The number of amides is 2. The molecule has 0 unspecified atom stereocenters. The van der Waals surface area contributed by atoms with Crippen LogP contribution < -0.4 is 5.32 Å². The molecule has 0 spiro atoms. The predicted octanol–water partition coefficient (Wildman–Crippen LogP) is -0.809. The fourth-order valence-corrected chi connectivity index (χ4v) is 4.99. The minimum absolute atomic E-state index is 0.00469. The van der Waals surface area contributed by atoms with E-state index in [0.717, 1.165) is 0 Å².